The number of pyridine rings is 1. The fourth-order valence-electron chi connectivity index (χ4n) is 2.09. The number of aromatic nitrogens is 1. The second-order valence-corrected chi connectivity index (χ2v) is 4.78. The number of halogens is 3. The maximum Gasteiger partial charge on any atom is 0.397 e. The topological polar surface area (TPSA) is 42.4 Å². The Hall–Kier alpha value is -1.79. The molecule has 1 aliphatic heterocycles. The van der Waals surface area contributed by atoms with Crippen LogP contribution in [0, 0.1) is 6.92 Å². The summed E-state index contributed by atoms with van der Waals surface area (Å²) in [6.45, 7) is 2.27. The highest BCUT2D eigenvalue weighted by molar-refractivity contribution is 5.77. The van der Waals surface area contributed by atoms with Crippen LogP contribution >= 0.6 is 0 Å². The molecule has 7 heteroatoms. The minimum absolute atomic E-state index is 0.171. The lowest BCUT2D eigenvalue weighted by Crippen LogP contribution is -2.33. The molecule has 110 valence electrons. The Bertz CT molecular complexity index is 491. The number of ether oxygens (including phenoxy) is 1. The lowest BCUT2D eigenvalue weighted by atomic mass is 10.3. The van der Waals surface area contributed by atoms with E-state index in [1.54, 1.807) is 12.1 Å². The van der Waals surface area contributed by atoms with Crippen LogP contribution < -0.4 is 4.74 Å². The van der Waals surface area contributed by atoms with Gasteiger partial charge in [0, 0.05) is 24.7 Å². The molecule has 1 aliphatic rings. The monoisotopic (exact) mass is 288 g/mol. The van der Waals surface area contributed by atoms with Crippen LogP contribution in [0.2, 0.25) is 0 Å². The molecule has 1 saturated heterocycles. The Morgan fingerprint density at radius 3 is 2.90 bits per heavy atom. The third-order valence-corrected chi connectivity index (χ3v) is 3.00. The summed E-state index contributed by atoms with van der Waals surface area (Å²) in [5.74, 6) is -0.471. The molecule has 0 N–H and O–H groups in total. The summed E-state index contributed by atoms with van der Waals surface area (Å²) in [5.41, 5.74) is 0.797. The van der Waals surface area contributed by atoms with E-state index in [9.17, 15) is 18.0 Å². The average Bonchev–Trinajstić information content (AvgIpc) is 2.75. The molecular formula is C13H15F3N2O2. The van der Waals surface area contributed by atoms with Gasteiger partial charge in [-0.1, -0.05) is 6.07 Å². The van der Waals surface area contributed by atoms with E-state index < -0.39 is 18.5 Å². The standard InChI is InChI=1S/C13H15F3N2O2/c1-9-3-2-4-11(17-9)20-10-5-6-18(8-10)12(19)7-13(14,15)16/h2-4,10H,5-8H2,1H3/t10-/m1/s1. The molecule has 0 unspecified atom stereocenters. The van der Waals surface area contributed by atoms with Gasteiger partial charge in [-0.05, 0) is 13.0 Å². The van der Waals surface area contributed by atoms with Crippen molar-refractivity contribution in [1.82, 2.24) is 9.88 Å². The van der Waals surface area contributed by atoms with Gasteiger partial charge in [-0.25, -0.2) is 4.98 Å². The molecule has 0 spiro atoms. The highest BCUT2D eigenvalue weighted by Crippen LogP contribution is 2.23. The van der Waals surface area contributed by atoms with Gasteiger partial charge in [0.1, 0.15) is 12.5 Å². The first-order chi connectivity index (χ1) is 9.33. The molecule has 1 atom stereocenters. The van der Waals surface area contributed by atoms with Crippen molar-refractivity contribution in [2.24, 2.45) is 0 Å². The predicted octanol–water partition coefficient (Wildman–Crippen LogP) is 2.32. The van der Waals surface area contributed by atoms with Gasteiger partial charge in [-0.2, -0.15) is 13.2 Å². The minimum atomic E-state index is -4.46. The van der Waals surface area contributed by atoms with E-state index in [2.05, 4.69) is 4.98 Å². The fraction of sp³-hybridized carbons (Fsp3) is 0.538. The van der Waals surface area contributed by atoms with Crippen LogP contribution in [0.5, 0.6) is 5.88 Å². The van der Waals surface area contributed by atoms with Crippen molar-refractivity contribution < 1.29 is 22.7 Å². The number of hydrogen-bond donors (Lipinski definition) is 0. The van der Waals surface area contributed by atoms with Crippen molar-refractivity contribution in [2.75, 3.05) is 13.1 Å². The number of rotatable bonds is 3. The molecule has 1 aromatic rings. The Morgan fingerprint density at radius 1 is 1.50 bits per heavy atom. The zero-order valence-electron chi connectivity index (χ0n) is 11.0. The van der Waals surface area contributed by atoms with Gasteiger partial charge >= 0.3 is 6.18 Å². The van der Waals surface area contributed by atoms with Crippen molar-refractivity contribution in [2.45, 2.75) is 32.0 Å². The number of carbonyl (C=O) groups excluding carboxylic acids is 1. The number of hydrogen-bond acceptors (Lipinski definition) is 3. The molecule has 0 aromatic carbocycles. The van der Waals surface area contributed by atoms with Crippen molar-refractivity contribution in [3.63, 3.8) is 0 Å². The molecule has 2 rings (SSSR count). The second-order valence-electron chi connectivity index (χ2n) is 4.78. The van der Waals surface area contributed by atoms with Crippen molar-refractivity contribution >= 4 is 5.91 Å². The summed E-state index contributed by atoms with van der Waals surface area (Å²) in [7, 11) is 0. The molecule has 4 nitrogen and oxygen atoms in total. The third-order valence-electron chi connectivity index (χ3n) is 3.00. The van der Waals surface area contributed by atoms with Gasteiger partial charge in [0.2, 0.25) is 11.8 Å². The number of aryl methyl sites for hydroxylation is 1. The highest BCUT2D eigenvalue weighted by atomic mass is 19.4. The van der Waals surface area contributed by atoms with E-state index >= 15 is 0 Å². The Kier molecular flexibility index (Phi) is 4.15. The Labute approximate surface area is 114 Å². The summed E-state index contributed by atoms with van der Waals surface area (Å²) in [6.07, 6.45) is -5.67. The van der Waals surface area contributed by atoms with Crippen LogP contribution in [0.25, 0.3) is 0 Å². The fourth-order valence-corrected chi connectivity index (χ4v) is 2.09. The SMILES string of the molecule is Cc1cccc(O[C@@H]2CCN(C(=O)CC(F)(F)F)C2)n1. The summed E-state index contributed by atoms with van der Waals surface area (Å²) < 4.78 is 42.1. The summed E-state index contributed by atoms with van der Waals surface area (Å²) in [4.78, 5) is 16.8. The van der Waals surface area contributed by atoms with Crippen molar-refractivity contribution in [1.29, 1.82) is 0 Å². The summed E-state index contributed by atoms with van der Waals surface area (Å²) in [5, 5.41) is 0. The number of likely N-dealkylation sites (tertiary alicyclic amines) is 1. The summed E-state index contributed by atoms with van der Waals surface area (Å²) >= 11 is 0. The first-order valence-electron chi connectivity index (χ1n) is 6.28. The van der Waals surface area contributed by atoms with E-state index in [0.717, 1.165) is 5.69 Å². The van der Waals surface area contributed by atoms with Crippen LogP contribution in [0.3, 0.4) is 0 Å². The van der Waals surface area contributed by atoms with Crippen molar-refractivity contribution in [3.8, 4) is 5.88 Å². The van der Waals surface area contributed by atoms with Crippen LogP contribution in [0.15, 0.2) is 18.2 Å². The quantitative estimate of drug-likeness (QED) is 0.857. The number of nitrogens with zero attached hydrogens (tertiary/aromatic N) is 2. The number of alkyl halides is 3. The van der Waals surface area contributed by atoms with E-state index in [-0.39, 0.29) is 19.2 Å². The van der Waals surface area contributed by atoms with Crippen molar-refractivity contribution in [3.05, 3.63) is 23.9 Å². The zero-order chi connectivity index (χ0) is 14.8. The zero-order valence-corrected chi connectivity index (χ0v) is 11.0. The first-order valence-corrected chi connectivity index (χ1v) is 6.28. The second kappa shape index (κ2) is 5.68. The van der Waals surface area contributed by atoms with Gasteiger partial charge in [0.15, 0.2) is 0 Å². The van der Waals surface area contributed by atoms with Gasteiger partial charge in [-0.3, -0.25) is 4.79 Å². The van der Waals surface area contributed by atoms with Gasteiger partial charge < -0.3 is 9.64 Å². The van der Waals surface area contributed by atoms with E-state index in [4.69, 9.17) is 4.74 Å². The maximum atomic E-state index is 12.2. The molecular weight excluding hydrogens is 273 g/mol. The van der Waals surface area contributed by atoms with E-state index in [1.807, 2.05) is 13.0 Å². The Morgan fingerprint density at radius 2 is 2.25 bits per heavy atom. The third kappa shape index (κ3) is 4.11. The molecule has 20 heavy (non-hydrogen) atoms. The first kappa shape index (κ1) is 14.6. The van der Waals surface area contributed by atoms with Gasteiger partial charge in [-0.15, -0.1) is 0 Å². The lowest BCUT2D eigenvalue weighted by molar-refractivity contribution is -0.160. The highest BCUT2D eigenvalue weighted by Gasteiger charge is 2.36. The van der Waals surface area contributed by atoms with E-state index in [0.29, 0.717) is 12.3 Å². The van der Waals surface area contributed by atoms with Crippen LogP contribution in [-0.4, -0.2) is 41.2 Å². The van der Waals surface area contributed by atoms with Crippen LogP contribution in [-0.2, 0) is 4.79 Å². The van der Waals surface area contributed by atoms with Gasteiger partial charge in [0.05, 0.1) is 6.54 Å². The average molecular weight is 288 g/mol. The molecule has 1 amide bonds. The van der Waals surface area contributed by atoms with Gasteiger partial charge in [0.25, 0.3) is 0 Å². The van der Waals surface area contributed by atoms with Crippen LogP contribution in [0.4, 0.5) is 13.2 Å². The smallest absolute Gasteiger partial charge is 0.397 e. The molecule has 1 aromatic heterocycles. The molecule has 0 aliphatic carbocycles. The molecule has 2 heterocycles. The maximum absolute atomic E-state index is 12.2. The largest absolute Gasteiger partial charge is 0.472 e. The van der Waals surface area contributed by atoms with Crippen LogP contribution in [0.1, 0.15) is 18.5 Å². The summed E-state index contributed by atoms with van der Waals surface area (Å²) in [6, 6.07) is 5.30. The molecule has 0 saturated carbocycles. The Balaban J connectivity index is 1.88. The number of carbonyl (C=O) groups is 1. The predicted molar refractivity (Wildman–Crippen MR) is 65.3 cm³/mol. The molecule has 0 radical (unpaired) electrons. The molecule has 1 fully saturated rings. The minimum Gasteiger partial charge on any atom is -0.472 e. The van der Waals surface area contributed by atoms with E-state index in [1.165, 1.54) is 4.90 Å². The lowest BCUT2D eigenvalue weighted by Gasteiger charge is -2.17. The number of amides is 1. The normalized spacial score (nSPS) is 19.2. The molecule has 0 bridgehead atoms.